The maximum absolute atomic E-state index is 13.8. The molecule has 0 spiro atoms. The number of piperazine rings is 1. The maximum Gasteiger partial charge on any atom is 0.248 e. The van der Waals surface area contributed by atoms with Gasteiger partial charge in [0.25, 0.3) is 0 Å². The van der Waals surface area contributed by atoms with Crippen LogP contribution in [0.3, 0.4) is 0 Å². The highest BCUT2D eigenvalue weighted by Gasteiger charge is 2.17. The van der Waals surface area contributed by atoms with E-state index in [2.05, 4.69) is 27.5 Å². The SMILES string of the molecule is CN1CCN(c2ccc(NCc3ccc(/C=C/C(=O)Nc4ccccc4N)cc3)cc2CF)CC1. The van der Waals surface area contributed by atoms with Crippen LogP contribution < -0.4 is 21.3 Å². The van der Waals surface area contributed by atoms with Gasteiger partial charge in [0, 0.05) is 55.7 Å². The van der Waals surface area contributed by atoms with Crippen LogP contribution in [0.2, 0.25) is 0 Å². The summed E-state index contributed by atoms with van der Waals surface area (Å²) in [5.41, 5.74) is 11.6. The van der Waals surface area contributed by atoms with E-state index in [0.717, 1.165) is 54.2 Å². The van der Waals surface area contributed by atoms with Crippen molar-refractivity contribution in [1.82, 2.24) is 4.90 Å². The zero-order valence-corrected chi connectivity index (χ0v) is 20.0. The standard InChI is InChI=1S/C28H32FN5O/c1-33-14-16-34(17-15-33)27-12-11-24(18-23(27)19-29)31-20-22-8-6-21(7-9-22)10-13-28(35)32-26-5-3-2-4-25(26)30/h2-13,18,31H,14-17,19-20,30H2,1H3,(H,32,35)/b13-10+. The quantitative estimate of drug-likeness (QED) is 0.325. The largest absolute Gasteiger partial charge is 0.397 e. The molecule has 35 heavy (non-hydrogen) atoms. The van der Waals surface area contributed by atoms with E-state index < -0.39 is 6.67 Å². The molecule has 6 nitrogen and oxygen atoms in total. The van der Waals surface area contributed by atoms with Gasteiger partial charge in [-0.1, -0.05) is 36.4 Å². The second-order valence-electron chi connectivity index (χ2n) is 8.77. The highest BCUT2D eigenvalue weighted by Crippen LogP contribution is 2.26. The third-order valence-electron chi connectivity index (χ3n) is 6.19. The molecule has 182 valence electrons. The fraction of sp³-hybridized carbons (Fsp3) is 0.250. The molecule has 7 heteroatoms. The summed E-state index contributed by atoms with van der Waals surface area (Å²) in [5.74, 6) is -0.239. The van der Waals surface area contributed by atoms with Gasteiger partial charge in [-0.3, -0.25) is 4.79 Å². The molecule has 1 aliphatic heterocycles. The second kappa shape index (κ2) is 11.5. The molecule has 4 N–H and O–H groups in total. The lowest BCUT2D eigenvalue weighted by molar-refractivity contribution is -0.111. The number of amides is 1. The lowest BCUT2D eigenvalue weighted by Gasteiger charge is -2.35. The molecular weight excluding hydrogens is 441 g/mol. The van der Waals surface area contributed by atoms with Crippen LogP contribution in [-0.2, 0) is 18.0 Å². The lowest BCUT2D eigenvalue weighted by Crippen LogP contribution is -2.44. The van der Waals surface area contributed by atoms with Gasteiger partial charge in [-0.05, 0) is 54.6 Å². The number of nitrogens with two attached hydrogens (primary N) is 1. The first-order valence-electron chi connectivity index (χ1n) is 11.8. The fourth-order valence-electron chi connectivity index (χ4n) is 4.07. The topological polar surface area (TPSA) is 73.6 Å². The van der Waals surface area contributed by atoms with Crippen LogP contribution in [0.5, 0.6) is 0 Å². The smallest absolute Gasteiger partial charge is 0.248 e. The number of hydrogen-bond acceptors (Lipinski definition) is 5. The van der Waals surface area contributed by atoms with Gasteiger partial charge in [0.1, 0.15) is 6.67 Å². The van der Waals surface area contributed by atoms with Gasteiger partial charge in [-0.2, -0.15) is 0 Å². The molecule has 0 unspecified atom stereocenters. The Hall–Kier alpha value is -3.84. The number of anilines is 4. The lowest BCUT2D eigenvalue weighted by atomic mass is 10.1. The Morgan fingerprint density at radius 3 is 2.49 bits per heavy atom. The number of alkyl halides is 1. The number of nitrogens with one attached hydrogen (secondary N) is 2. The van der Waals surface area contributed by atoms with E-state index >= 15 is 0 Å². The molecule has 1 heterocycles. The summed E-state index contributed by atoms with van der Waals surface area (Å²) in [6.45, 7) is 3.95. The van der Waals surface area contributed by atoms with Gasteiger partial charge in [0.05, 0.1) is 11.4 Å². The number of hydrogen-bond donors (Lipinski definition) is 3. The van der Waals surface area contributed by atoms with Crippen LogP contribution in [0, 0.1) is 0 Å². The van der Waals surface area contributed by atoms with Gasteiger partial charge in [-0.15, -0.1) is 0 Å². The monoisotopic (exact) mass is 473 g/mol. The van der Waals surface area contributed by atoms with E-state index in [4.69, 9.17) is 5.73 Å². The van der Waals surface area contributed by atoms with Crippen molar-refractivity contribution in [2.75, 3.05) is 54.5 Å². The zero-order valence-electron chi connectivity index (χ0n) is 20.0. The second-order valence-corrected chi connectivity index (χ2v) is 8.77. The Morgan fingerprint density at radius 1 is 1.03 bits per heavy atom. The number of rotatable bonds is 8. The molecule has 1 aliphatic rings. The van der Waals surface area contributed by atoms with Crippen LogP contribution in [0.1, 0.15) is 16.7 Å². The van der Waals surface area contributed by atoms with E-state index in [0.29, 0.717) is 17.9 Å². The van der Waals surface area contributed by atoms with E-state index in [9.17, 15) is 9.18 Å². The van der Waals surface area contributed by atoms with E-state index in [1.165, 1.54) is 6.08 Å². The van der Waals surface area contributed by atoms with E-state index in [1.54, 1.807) is 18.2 Å². The maximum atomic E-state index is 13.8. The van der Waals surface area contributed by atoms with Gasteiger partial charge in [0.15, 0.2) is 0 Å². The molecule has 1 saturated heterocycles. The van der Waals surface area contributed by atoms with Crippen molar-refractivity contribution in [1.29, 1.82) is 0 Å². The third-order valence-corrected chi connectivity index (χ3v) is 6.19. The summed E-state index contributed by atoms with van der Waals surface area (Å²) < 4.78 is 13.8. The Morgan fingerprint density at radius 2 is 1.77 bits per heavy atom. The third kappa shape index (κ3) is 6.61. The highest BCUT2D eigenvalue weighted by atomic mass is 19.1. The van der Waals surface area contributed by atoms with Gasteiger partial charge in [0.2, 0.25) is 5.91 Å². The Kier molecular flexibility index (Phi) is 8.00. The Labute approximate surface area is 206 Å². The Bertz CT molecular complexity index is 1170. The van der Waals surface area contributed by atoms with Crippen molar-refractivity contribution < 1.29 is 9.18 Å². The summed E-state index contributed by atoms with van der Waals surface area (Å²) in [6, 6.07) is 21.0. The van der Waals surface area contributed by atoms with E-state index in [1.807, 2.05) is 54.6 Å². The van der Waals surface area contributed by atoms with Crippen LogP contribution in [0.15, 0.2) is 72.8 Å². The molecule has 0 aliphatic carbocycles. The van der Waals surface area contributed by atoms with Gasteiger partial charge >= 0.3 is 0 Å². The van der Waals surface area contributed by atoms with E-state index in [-0.39, 0.29) is 5.91 Å². The van der Waals surface area contributed by atoms with Crippen molar-refractivity contribution in [2.24, 2.45) is 0 Å². The molecule has 0 aromatic heterocycles. The molecule has 1 fully saturated rings. The summed E-state index contributed by atoms with van der Waals surface area (Å²) in [4.78, 5) is 16.7. The van der Waals surface area contributed by atoms with Crippen molar-refractivity contribution in [3.8, 4) is 0 Å². The number of nitrogen functional groups attached to an aromatic ring is 1. The predicted molar refractivity (Wildman–Crippen MR) is 143 cm³/mol. The van der Waals surface area contributed by atoms with Gasteiger partial charge in [-0.25, -0.2) is 4.39 Å². The van der Waals surface area contributed by atoms with Crippen LogP contribution in [0.25, 0.3) is 6.08 Å². The molecule has 3 aromatic rings. The minimum atomic E-state index is -0.483. The number of carbonyl (C=O) groups excluding carboxylic acids is 1. The highest BCUT2D eigenvalue weighted by molar-refractivity contribution is 6.03. The molecule has 1 amide bonds. The number of para-hydroxylation sites is 2. The van der Waals surface area contributed by atoms with Gasteiger partial charge < -0.3 is 26.2 Å². The fourth-order valence-corrected chi connectivity index (χ4v) is 4.07. The first-order chi connectivity index (χ1) is 17.0. The number of halogens is 1. The number of benzene rings is 3. The average molecular weight is 474 g/mol. The van der Waals surface area contributed by atoms with Crippen LogP contribution in [-0.4, -0.2) is 44.0 Å². The molecule has 0 radical (unpaired) electrons. The van der Waals surface area contributed by atoms with Crippen molar-refractivity contribution >= 4 is 34.7 Å². The van der Waals surface area contributed by atoms with Crippen molar-refractivity contribution in [3.63, 3.8) is 0 Å². The normalized spacial score (nSPS) is 14.3. The average Bonchev–Trinajstić information content (AvgIpc) is 2.88. The first-order valence-corrected chi connectivity index (χ1v) is 11.8. The summed E-state index contributed by atoms with van der Waals surface area (Å²) in [5, 5.41) is 6.16. The summed E-state index contributed by atoms with van der Waals surface area (Å²) >= 11 is 0. The molecular formula is C28H32FN5O. The molecule has 4 rings (SSSR count). The molecule has 3 aromatic carbocycles. The number of carbonyl (C=O) groups is 1. The van der Waals surface area contributed by atoms with Crippen LogP contribution in [0.4, 0.5) is 27.1 Å². The minimum absolute atomic E-state index is 0.239. The first kappa shape index (κ1) is 24.3. The molecule has 0 bridgehead atoms. The van der Waals surface area contributed by atoms with Crippen molar-refractivity contribution in [3.05, 3.63) is 89.5 Å². The van der Waals surface area contributed by atoms with Crippen molar-refractivity contribution in [2.45, 2.75) is 13.2 Å². The summed E-state index contributed by atoms with van der Waals surface area (Å²) in [6.07, 6.45) is 3.25. The predicted octanol–water partition coefficient (Wildman–Crippen LogP) is 4.75. The summed E-state index contributed by atoms with van der Waals surface area (Å²) in [7, 11) is 2.11. The number of likely N-dealkylation sites (N-methyl/N-ethyl adjacent to an activating group) is 1. The van der Waals surface area contributed by atoms with Crippen LogP contribution >= 0.6 is 0 Å². The minimum Gasteiger partial charge on any atom is -0.397 e. The molecule has 0 saturated carbocycles. The Balaban J connectivity index is 1.31. The number of nitrogens with zero attached hydrogens (tertiary/aromatic N) is 2. The zero-order chi connectivity index (χ0) is 24.6. The molecule has 0 atom stereocenters.